The number of anilines is 1. The number of rotatable bonds is 7. The molecule has 142 valence electrons. The fourth-order valence-electron chi connectivity index (χ4n) is 2.13. The van der Waals surface area contributed by atoms with E-state index in [1.807, 2.05) is 0 Å². The number of guanidine groups is 1. The first-order valence-electron chi connectivity index (χ1n) is 7.60. The van der Waals surface area contributed by atoms with Crippen molar-refractivity contribution in [2.24, 2.45) is 10.7 Å². The van der Waals surface area contributed by atoms with Crippen molar-refractivity contribution in [1.29, 1.82) is 0 Å². The van der Waals surface area contributed by atoms with Gasteiger partial charge < -0.3 is 15.8 Å². The van der Waals surface area contributed by atoms with E-state index in [0.717, 1.165) is 0 Å². The molecular formula is C17H21ClIN3O3S. The SMILES string of the molecule is COc1ccc(NC(N)=NCCCS(=O)(=O)c2ccccc2)cc1Cl.I. The molecule has 3 N–H and O–H groups in total. The Morgan fingerprint density at radius 2 is 1.92 bits per heavy atom. The molecule has 6 nitrogen and oxygen atoms in total. The van der Waals surface area contributed by atoms with Gasteiger partial charge in [0.15, 0.2) is 15.8 Å². The third kappa shape index (κ3) is 6.65. The fraction of sp³-hybridized carbons (Fsp3) is 0.235. The van der Waals surface area contributed by atoms with Crippen LogP contribution in [0, 0.1) is 0 Å². The predicted molar refractivity (Wildman–Crippen MR) is 117 cm³/mol. The Balaban J connectivity index is 0.00000338. The maximum absolute atomic E-state index is 12.1. The molecule has 0 aliphatic heterocycles. The summed E-state index contributed by atoms with van der Waals surface area (Å²) in [6.07, 6.45) is 0.378. The van der Waals surface area contributed by atoms with Crippen LogP contribution in [0.15, 0.2) is 58.4 Å². The summed E-state index contributed by atoms with van der Waals surface area (Å²) in [5.74, 6) is 0.773. The molecule has 2 aromatic rings. The maximum Gasteiger partial charge on any atom is 0.193 e. The van der Waals surface area contributed by atoms with Crippen LogP contribution in [0.2, 0.25) is 5.02 Å². The zero-order valence-electron chi connectivity index (χ0n) is 14.2. The second-order valence-electron chi connectivity index (χ2n) is 5.23. The summed E-state index contributed by atoms with van der Waals surface area (Å²) in [5.41, 5.74) is 6.47. The summed E-state index contributed by atoms with van der Waals surface area (Å²) in [7, 11) is -1.76. The van der Waals surface area contributed by atoms with Crippen LogP contribution in [0.5, 0.6) is 5.75 Å². The van der Waals surface area contributed by atoms with Crippen LogP contribution in [0.25, 0.3) is 0 Å². The standard InChI is InChI=1S/C17H20ClN3O3S.HI/c1-24-16-9-8-13(12-15(16)18)21-17(19)20-10-5-11-25(22,23)14-6-3-2-4-7-14;/h2-4,6-9,12H,5,10-11H2,1H3,(H3,19,20,21);1H. The highest BCUT2D eigenvalue weighted by Crippen LogP contribution is 2.27. The Kier molecular flexibility index (Phi) is 9.17. The Morgan fingerprint density at radius 3 is 2.54 bits per heavy atom. The second-order valence-corrected chi connectivity index (χ2v) is 7.74. The van der Waals surface area contributed by atoms with Gasteiger partial charge in [0.25, 0.3) is 0 Å². The van der Waals surface area contributed by atoms with E-state index in [4.69, 9.17) is 22.1 Å². The van der Waals surface area contributed by atoms with Crippen LogP contribution in [0.1, 0.15) is 6.42 Å². The van der Waals surface area contributed by atoms with Crippen molar-refractivity contribution < 1.29 is 13.2 Å². The van der Waals surface area contributed by atoms with Crippen LogP contribution in [0.4, 0.5) is 5.69 Å². The van der Waals surface area contributed by atoms with Crippen LogP contribution in [0.3, 0.4) is 0 Å². The van der Waals surface area contributed by atoms with Crippen molar-refractivity contribution in [3.63, 3.8) is 0 Å². The monoisotopic (exact) mass is 509 g/mol. The molecule has 0 heterocycles. The average molecular weight is 510 g/mol. The van der Waals surface area contributed by atoms with Gasteiger partial charge >= 0.3 is 0 Å². The molecule has 2 rings (SSSR count). The summed E-state index contributed by atoms with van der Waals surface area (Å²) >= 11 is 6.04. The summed E-state index contributed by atoms with van der Waals surface area (Å²) < 4.78 is 29.4. The van der Waals surface area contributed by atoms with E-state index in [-0.39, 0.29) is 35.7 Å². The molecule has 0 radical (unpaired) electrons. The molecule has 0 unspecified atom stereocenters. The van der Waals surface area contributed by atoms with Crippen molar-refractivity contribution >= 4 is 57.1 Å². The van der Waals surface area contributed by atoms with Crippen LogP contribution in [-0.4, -0.2) is 33.8 Å². The molecule has 0 fully saturated rings. The Labute approximate surface area is 175 Å². The highest BCUT2D eigenvalue weighted by molar-refractivity contribution is 14.0. The van der Waals surface area contributed by atoms with Crippen LogP contribution >= 0.6 is 35.6 Å². The molecule has 0 saturated carbocycles. The highest BCUT2D eigenvalue weighted by atomic mass is 127. The fourth-order valence-corrected chi connectivity index (χ4v) is 3.71. The zero-order valence-corrected chi connectivity index (χ0v) is 18.1. The molecular weight excluding hydrogens is 489 g/mol. The van der Waals surface area contributed by atoms with Crippen molar-refractivity contribution in [2.75, 3.05) is 24.7 Å². The summed E-state index contributed by atoms with van der Waals surface area (Å²) in [5, 5.41) is 3.35. The first-order valence-corrected chi connectivity index (χ1v) is 9.63. The number of benzene rings is 2. The number of halogens is 2. The number of ether oxygens (including phenoxy) is 1. The van der Waals surface area contributed by atoms with Crippen molar-refractivity contribution in [2.45, 2.75) is 11.3 Å². The van der Waals surface area contributed by atoms with E-state index in [1.165, 1.54) is 7.11 Å². The zero-order chi connectivity index (χ0) is 18.3. The van der Waals surface area contributed by atoms with Crippen molar-refractivity contribution in [3.8, 4) is 5.75 Å². The van der Waals surface area contributed by atoms with Gasteiger partial charge in [0.1, 0.15) is 5.75 Å². The summed E-state index contributed by atoms with van der Waals surface area (Å²) in [6.45, 7) is 0.300. The van der Waals surface area contributed by atoms with Gasteiger partial charge in [-0.2, -0.15) is 0 Å². The lowest BCUT2D eigenvalue weighted by Gasteiger charge is -2.08. The van der Waals surface area contributed by atoms with Gasteiger partial charge in [0, 0.05) is 12.2 Å². The first-order chi connectivity index (χ1) is 11.9. The van der Waals surface area contributed by atoms with Gasteiger partial charge in [-0.3, -0.25) is 4.99 Å². The minimum Gasteiger partial charge on any atom is -0.495 e. The quantitative estimate of drug-likeness (QED) is 0.258. The number of hydrogen-bond donors (Lipinski definition) is 2. The second kappa shape index (κ2) is 10.6. The maximum atomic E-state index is 12.1. The van der Waals surface area contributed by atoms with Crippen molar-refractivity contribution in [1.82, 2.24) is 0 Å². The number of sulfone groups is 1. The van der Waals surface area contributed by atoms with E-state index in [0.29, 0.717) is 34.3 Å². The molecule has 26 heavy (non-hydrogen) atoms. The van der Waals surface area contributed by atoms with E-state index < -0.39 is 9.84 Å². The van der Waals surface area contributed by atoms with Crippen LogP contribution < -0.4 is 15.8 Å². The van der Waals surface area contributed by atoms with Gasteiger partial charge in [-0.25, -0.2) is 8.42 Å². The third-order valence-electron chi connectivity index (χ3n) is 3.38. The Bertz CT molecular complexity index is 846. The smallest absolute Gasteiger partial charge is 0.193 e. The Morgan fingerprint density at radius 1 is 1.23 bits per heavy atom. The summed E-state index contributed by atoms with van der Waals surface area (Å²) in [4.78, 5) is 4.45. The Hall–Kier alpha value is -1.52. The number of nitrogens with two attached hydrogens (primary N) is 1. The largest absolute Gasteiger partial charge is 0.495 e. The normalized spacial score (nSPS) is 11.5. The molecule has 0 amide bonds. The minimum atomic E-state index is -3.29. The highest BCUT2D eigenvalue weighted by Gasteiger charge is 2.12. The van der Waals surface area contributed by atoms with Gasteiger partial charge in [-0.05, 0) is 36.8 Å². The van der Waals surface area contributed by atoms with Gasteiger partial charge in [-0.15, -0.1) is 24.0 Å². The van der Waals surface area contributed by atoms with E-state index in [1.54, 1.807) is 48.5 Å². The lowest BCUT2D eigenvalue weighted by atomic mass is 10.3. The molecule has 0 aromatic heterocycles. The third-order valence-corrected chi connectivity index (χ3v) is 5.49. The molecule has 0 atom stereocenters. The van der Waals surface area contributed by atoms with Crippen molar-refractivity contribution in [3.05, 3.63) is 53.6 Å². The average Bonchev–Trinajstić information content (AvgIpc) is 2.60. The number of hydrogen-bond acceptors (Lipinski definition) is 4. The van der Waals surface area contributed by atoms with Gasteiger partial charge in [0.05, 0.1) is 22.8 Å². The number of aliphatic imine (C=N–C) groups is 1. The number of methoxy groups -OCH3 is 1. The van der Waals surface area contributed by atoms with E-state index in [9.17, 15) is 8.42 Å². The van der Waals surface area contributed by atoms with E-state index >= 15 is 0 Å². The van der Waals surface area contributed by atoms with E-state index in [2.05, 4.69) is 10.3 Å². The molecule has 0 spiro atoms. The number of nitrogens with one attached hydrogen (secondary N) is 1. The van der Waals surface area contributed by atoms with Gasteiger partial charge in [0.2, 0.25) is 0 Å². The molecule has 0 saturated heterocycles. The first kappa shape index (κ1) is 22.5. The molecule has 0 aliphatic carbocycles. The molecule has 0 bridgehead atoms. The van der Waals surface area contributed by atoms with Crippen LogP contribution in [-0.2, 0) is 9.84 Å². The lowest BCUT2D eigenvalue weighted by Crippen LogP contribution is -2.23. The lowest BCUT2D eigenvalue weighted by molar-refractivity contribution is 0.415. The predicted octanol–water partition coefficient (Wildman–Crippen LogP) is 3.56. The number of nitrogens with zero attached hydrogens (tertiary/aromatic N) is 1. The molecule has 0 aliphatic rings. The molecule has 9 heteroatoms. The summed E-state index contributed by atoms with van der Waals surface area (Å²) in [6, 6.07) is 13.5. The topological polar surface area (TPSA) is 93.8 Å². The van der Waals surface area contributed by atoms with Gasteiger partial charge in [-0.1, -0.05) is 29.8 Å². The minimum absolute atomic E-state index is 0. The molecule has 2 aromatic carbocycles.